The number of nitrogens with two attached hydrogens (primary N) is 1. The number of carbonyl (C=O) groups is 1. The Morgan fingerprint density at radius 2 is 1.85 bits per heavy atom. The fourth-order valence-electron chi connectivity index (χ4n) is 2.91. The Bertz CT molecular complexity index is 323. The van der Waals surface area contributed by atoms with Gasteiger partial charge in [0.1, 0.15) is 5.54 Å². The Kier molecular flexibility index (Phi) is 7.41. The molecule has 4 N–H and O–H groups in total. The Hall–Kier alpha value is -1.26. The lowest BCUT2D eigenvalue weighted by Gasteiger charge is -2.36. The molecule has 0 radical (unpaired) electrons. The molecule has 20 heavy (non-hydrogen) atoms. The summed E-state index contributed by atoms with van der Waals surface area (Å²) in [6.07, 6.45) is 10.9. The lowest BCUT2D eigenvalue weighted by molar-refractivity contribution is -0.122. The molecule has 5 nitrogen and oxygen atoms in total. The molecule has 0 unspecified atom stereocenters. The van der Waals surface area contributed by atoms with Gasteiger partial charge in [0.2, 0.25) is 5.91 Å². The van der Waals surface area contributed by atoms with Crippen LogP contribution in [0.1, 0.15) is 77.6 Å². The summed E-state index contributed by atoms with van der Waals surface area (Å²) in [5.41, 5.74) is 5.19. The van der Waals surface area contributed by atoms with E-state index in [2.05, 4.69) is 17.4 Å². The highest BCUT2D eigenvalue weighted by atomic mass is 16.4. The zero-order valence-electron chi connectivity index (χ0n) is 12.7. The zero-order chi connectivity index (χ0) is 14.8. The minimum absolute atomic E-state index is 0.0231. The molecule has 1 aliphatic carbocycles. The molecule has 5 heteroatoms. The molecule has 0 aromatic heterocycles. The van der Waals surface area contributed by atoms with E-state index in [1.54, 1.807) is 0 Å². The van der Waals surface area contributed by atoms with Crippen LogP contribution in [0.15, 0.2) is 5.16 Å². The van der Waals surface area contributed by atoms with Gasteiger partial charge >= 0.3 is 0 Å². The van der Waals surface area contributed by atoms with E-state index < -0.39 is 5.54 Å². The van der Waals surface area contributed by atoms with Crippen molar-refractivity contribution in [2.24, 2.45) is 10.9 Å². The van der Waals surface area contributed by atoms with Gasteiger partial charge < -0.3 is 16.3 Å². The molecule has 1 fully saturated rings. The van der Waals surface area contributed by atoms with Crippen LogP contribution in [0.25, 0.3) is 0 Å². The van der Waals surface area contributed by atoms with E-state index in [9.17, 15) is 4.79 Å². The van der Waals surface area contributed by atoms with Crippen molar-refractivity contribution >= 4 is 11.7 Å². The number of rotatable bonds is 8. The highest BCUT2D eigenvalue weighted by Gasteiger charge is 2.37. The van der Waals surface area contributed by atoms with Gasteiger partial charge in [-0.3, -0.25) is 4.79 Å². The molecule has 0 atom stereocenters. The first-order valence-electron chi connectivity index (χ1n) is 7.93. The Balaban J connectivity index is 2.43. The smallest absolute Gasteiger partial charge is 0.220 e. The molecule has 116 valence electrons. The first-order chi connectivity index (χ1) is 9.64. The Morgan fingerprint density at radius 1 is 1.20 bits per heavy atom. The van der Waals surface area contributed by atoms with Gasteiger partial charge in [0.15, 0.2) is 5.84 Å². The van der Waals surface area contributed by atoms with Crippen molar-refractivity contribution in [3.63, 3.8) is 0 Å². The number of hydrogen-bond acceptors (Lipinski definition) is 3. The van der Waals surface area contributed by atoms with Crippen molar-refractivity contribution in [1.29, 1.82) is 0 Å². The van der Waals surface area contributed by atoms with E-state index in [1.807, 2.05) is 0 Å². The van der Waals surface area contributed by atoms with Crippen molar-refractivity contribution in [1.82, 2.24) is 5.32 Å². The molecular weight excluding hydrogens is 254 g/mol. The number of oxime groups is 1. The summed E-state index contributed by atoms with van der Waals surface area (Å²) in [7, 11) is 0. The van der Waals surface area contributed by atoms with Gasteiger partial charge in [-0.1, -0.05) is 57.0 Å². The molecule has 1 saturated carbocycles. The first-order valence-corrected chi connectivity index (χ1v) is 7.93. The van der Waals surface area contributed by atoms with Crippen LogP contribution in [0.4, 0.5) is 0 Å². The highest BCUT2D eigenvalue weighted by molar-refractivity contribution is 5.94. The maximum atomic E-state index is 12.1. The third kappa shape index (κ3) is 5.02. The summed E-state index contributed by atoms with van der Waals surface area (Å²) < 4.78 is 0. The molecule has 1 aliphatic rings. The van der Waals surface area contributed by atoms with Gasteiger partial charge in [-0.05, 0) is 19.3 Å². The number of nitrogens with zero attached hydrogens (tertiary/aromatic N) is 1. The van der Waals surface area contributed by atoms with Gasteiger partial charge in [0.05, 0.1) is 0 Å². The number of unbranched alkanes of at least 4 members (excludes halogenated alkanes) is 4. The van der Waals surface area contributed by atoms with E-state index in [4.69, 9.17) is 10.9 Å². The molecule has 0 aromatic rings. The first kappa shape index (κ1) is 16.8. The van der Waals surface area contributed by atoms with Crippen LogP contribution in [0.2, 0.25) is 0 Å². The summed E-state index contributed by atoms with van der Waals surface area (Å²) in [5, 5.41) is 15.1. The van der Waals surface area contributed by atoms with Gasteiger partial charge in [-0.15, -0.1) is 0 Å². The fraction of sp³-hybridized carbons (Fsp3) is 0.867. The number of hydrogen-bond donors (Lipinski definition) is 3. The molecule has 0 saturated heterocycles. The van der Waals surface area contributed by atoms with Crippen LogP contribution in [0.5, 0.6) is 0 Å². The summed E-state index contributed by atoms with van der Waals surface area (Å²) in [6.45, 7) is 2.18. The van der Waals surface area contributed by atoms with Crippen molar-refractivity contribution in [2.45, 2.75) is 83.1 Å². The van der Waals surface area contributed by atoms with Gasteiger partial charge in [-0.25, -0.2) is 0 Å². The average molecular weight is 283 g/mol. The van der Waals surface area contributed by atoms with E-state index >= 15 is 0 Å². The topological polar surface area (TPSA) is 87.7 Å². The number of nitrogens with one attached hydrogen (secondary N) is 1. The molecular formula is C15H29N3O2. The average Bonchev–Trinajstić information content (AvgIpc) is 2.47. The molecule has 1 amide bonds. The quantitative estimate of drug-likeness (QED) is 0.210. The van der Waals surface area contributed by atoms with Crippen LogP contribution in [-0.2, 0) is 4.79 Å². The largest absolute Gasteiger partial charge is 0.409 e. The molecule has 1 rings (SSSR count). The second-order valence-electron chi connectivity index (χ2n) is 5.84. The number of amidine groups is 1. The normalized spacial score (nSPS) is 18.8. The molecule has 0 bridgehead atoms. The number of amides is 1. The van der Waals surface area contributed by atoms with Gasteiger partial charge in [0.25, 0.3) is 0 Å². The second-order valence-corrected chi connectivity index (χ2v) is 5.84. The van der Waals surface area contributed by atoms with Crippen LogP contribution in [-0.4, -0.2) is 22.5 Å². The maximum Gasteiger partial charge on any atom is 0.220 e. The van der Waals surface area contributed by atoms with E-state index in [1.165, 1.54) is 19.3 Å². The Morgan fingerprint density at radius 3 is 2.45 bits per heavy atom. The lowest BCUT2D eigenvalue weighted by Crippen LogP contribution is -2.58. The second kappa shape index (κ2) is 8.82. The molecule has 0 heterocycles. The fourth-order valence-corrected chi connectivity index (χ4v) is 2.91. The standard InChI is InChI=1S/C15H29N3O2/c1-2-3-4-5-7-10-13(19)17-15(14(16)18-20)11-8-6-9-12-15/h20H,2-12H2,1H3,(H2,16,18)(H,17,19). The molecule has 0 aromatic carbocycles. The predicted molar refractivity (Wildman–Crippen MR) is 80.7 cm³/mol. The predicted octanol–water partition coefficient (Wildman–Crippen LogP) is 2.91. The summed E-state index contributed by atoms with van der Waals surface area (Å²) in [4.78, 5) is 12.1. The SMILES string of the molecule is CCCCCCCC(=O)NC1(/C(N)=N/O)CCCCC1. The minimum Gasteiger partial charge on any atom is -0.409 e. The van der Waals surface area contributed by atoms with E-state index in [-0.39, 0.29) is 11.7 Å². The monoisotopic (exact) mass is 283 g/mol. The van der Waals surface area contributed by atoms with Crippen LogP contribution in [0, 0.1) is 0 Å². The lowest BCUT2D eigenvalue weighted by atomic mass is 9.80. The number of carbonyl (C=O) groups excluding carboxylic acids is 1. The maximum absolute atomic E-state index is 12.1. The van der Waals surface area contributed by atoms with Crippen molar-refractivity contribution in [3.05, 3.63) is 0 Å². The van der Waals surface area contributed by atoms with Crippen LogP contribution >= 0.6 is 0 Å². The minimum atomic E-state index is -0.618. The summed E-state index contributed by atoms with van der Waals surface area (Å²) >= 11 is 0. The van der Waals surface area contributed by atoms with Gasteiger partial charge in [0, 0.05) is 6.42 Å². The summed E-state index contributed by atoms with van der Waals surface area (Å²) in [6, 6.07) is 0. The zero-order valence-corrected chi connectivity index (χ0v) is 12.7. The third-order valence-corrected chi connectivity index (χ3v) is 4.19. The Labute approximate surface area is 122 Å². The van der Waals surface area contributed by atoms with E-state index in [0.717, 1.165) is 44.9 Å². The van der Waals surface area contributed by atoms with Crippen LogP contribution in [0.3, 0.4) is 0 Å². The van der Waals surface area contributed by atoms with Crippen molar-refractivity contribution < 1.29 is 10.0 Å². The van der Waals surface area contributed by atoms with Crippen molar-refractivity contribution in [2.75, 3.05) is 0 Å². The van der Waals surface area contributed by atoms with E-state index in [0.29, 0.717) is 6.42 Å². The molecule has 0 spiro atoms. The van der Waals surface area contributed by atoms with Crippen LogP contribution < -0.4 is 11.1 Å². The highest BCUT2D eigenvalue weighted by Crippen LogP contribution is 2.28. The van der Waals surface area contributed by atoms with Crippen molar-refractivity contribution in [3.8, 4) is 0 Å². The van der Waals surface area contributed by atoms with Gasteiger partial charge in [-0.2, -0.15) is 0 Å². The summed E-state index contributed by atoms with van der Waals surface area (Å²) in [5.74, 6) is 0.173. The molecule has 0 aliphatic heterocycles. The third-order valence-electron chi connectivity index (χ3n) is 4.19.